The summed E-state index contributed by atoms with van der Waals surface area (Å²) in [5.74, 6) is 7.24. The molecule has 0 aliphatic carbocycles. The average Bonchev–Trinajstić information content (AvgIpc) is 0.839. The first-order valence-electron chi connectivity index (χ1n) is 34.6. The van der Waals surface area contributed by atoms with Crippen molar-refractivity contribution >= 4 is 0 Å². The monoisotopic (exact) mass is 1340 g/mol. The average molecular weight is 1340 g/mol. The topological polar surface area (TPSA) is 142 Å². The Kier molecular flexibility index (Phi) is 20.1. The van der Waals surface area contributed by atoms with Gasteiger partial charge in [0.05, 0.1) is 25.4 Å². The van der Waals surface area contributed by atoms with Crippen LogP contribution in [0.25, 0.3) is 34.2 Å². The standard InChI is InChI=1S/C87H102N6O7/c1-80(2,3)56-38-57(81(4,5)6)43-67(42-56)96-72-50-73(97-68-44-58(82(7,8)9)39-59(45-68)83(10,11)12)90-77(89-72)54-28-34-65(35-29-54)95-71-52-88-76(53-26-32-64(94-25)33-27-53)93-79(71)100-66-36-30-55(31-37-66)78-91-74(98-69-46-60(84(13,14)15)40-61(47-69)85(16,17)18)51-75(92-78)99-70-48-62(86(19,20)21)41-63(49-70)87(22,23)24/h26-52H,1-25H3. The third-order valence-electron chi connectivity index (χ3n) is 17.5. The third-order valence-corrected chi connectivity index (χ3v) is 17.5. The molecule has 0 aliphatic rings. The van der Waals surface area contributed by atoms with E-state index in [-0.39, 0.29) is 54.9 Å². The summed E-state index contributed by atoms with van der Waals surface area (Å²) in [7, 11) is 1.63. The third kappa shape index (κ3) is 18.4. The number of hydrogen-bond acceptors (Lipinski definition) is 13. The zero-order chi connectivity index (χ0) is 72.9. The van der Waals surface area contributed by atoms with E-state index >= 15 is 0 Å². The van der Waals surface area contributed by atoms with Gasteiger partial charge >= 0.3 is 0 Å². The molecular formula is C87H102N6O7. The number of aromatic nitrogens is 6. The molecule has 0 saturated heterocycles. The van der Waals surface area contributed by atoms with Crippen molar-refractivity contribution in [3.63, 3.8) is 0 Å². The molecule has 0 bridgehead atoms. The summed E-state index contributed by atoms with van der Waals surface area (Å²) in [6.45, 7) is 53.0. The maximum atomic E-state index is 6.79. The lowest BCUT2D eigenvalue weighted by molar-refractivity contribution is 0.403. The molecule has 0 N–H and O–H groups in total. The van der Waals surface area contributed by atoms with Gasteiger partial charge in [-0.25, -0.2) is 4.98 Å². The minimum Gasteiger partial charge on any atom is -0.497 e. The number of benzene rings is 7. The van der Waals surface area contributed by atoms with Gasteiger partial charge in [-0.15, -0.1) is 0 Å². The number of rotatable bonds is 16. The van der Waals surface area contributed by atoms with Crippen molar-refractivity contribution in [3.8, 4) is 110 Å². The second kappa shape index (κ2) is 27.5. The molecule has 0 unspecified atom stereocenters. The molecule has 0 amide bonds. The zero-order valence-electron chi connectivity index (χ0n) is 63.6. The molecule has 3 heterocycles. The predicted octanol–water partition coefficient (Wildman–Crippen LogP) is 24.2. The maximum absolute atomic E-state index is 6.79. The van der Waals surface area contributed by atoms with Crippen LogP contribution in [0.5, 0.6) is 75.4 Å². The Labute approximate surface area is 594 Å². The molecule has 10 rings (SSSR count). The van der Waals surface area contributed by atoms with Gasteiger partial charge in [0.25, 0.3) is 5.88 Å². The van der Waals surface area contributed by atoms with Crippen LogP contribution in [0.4, 0.5) is 0 Å². The van der Waals surface area contributed by atoms with E-state index in [4.69, 9.17) is 63.1 Å². The molecule has 0 fully saturated rings. The van der Waals surface area contributed by atoms with Crippen LogP contribution in [-0.4, -0.2) is 37.0 Å². The van der Waals surface area contributed by atoms with E-state index in [9.17, 15) is 0 Å². The fourth-order valence-electron chi connectivity index (χ4n) is 10.8. The molecule has 13 heteroatoms. The Morgan fingerprint density at radius 2 is 0.470 bits per heavy atom. The van der Waals surface area contributed by atoms with Crippen LogP contribution in [0, 0.1) is 0 Å². The number of ether oxygens (including phenoxy) is 7. The van der Waals surface area contributed by atoms with Crippen LogP contribution in [0.3, 0.4) is 0 Å². The van der Waals surface area contributed by atoms with Crippen LogP contribution < -0.4 is 33.2 Å². The van der Waals surface area contributed by atoms with E-state index < -0.39 is 0 Å². The van der Waals surface area contributed by atoms with Crippen molar-refractivity contribution in [1.29, 1.82) is 0 Å². The lowest BCUT2D eigenvalue weighted by atomic mass is 9.80. The van der Waals surface area contributed by atoms with E-state index in [0.717, 1.165) is 50.1 Å². The second-order valence-corrected chi connectivity index (χ2v) is 34.5. The summed E-state index contributed by atoms with van der Waals surface area (Å²) >= 11 is 0. The fraction of sp³-hybridized carbons (Fsp3) is 0.379. The van der Waals surface area contributed by atoms with Crippen molar-refractivity contribution in [2.24, 2.45) is 0 Å². The first-order valence-corrected chi connectivity index (χ1v) is 34.6. The van der Waals surface area contributed by atoms with Gasteiger partial charge < -0.3 is 33.2 Å². The first-order chi connectivity index (χ1) is 46.4. The highest BCUT2D eigenvalue weighted by atomic mass is 16.5. The molecule has 0 saturated carbocycles. The number of methoxy groups -OCH3 is 1. The van der Waals surface area contributed by atoms with Crippen LogP contribution in [-0.2, 0) is 43.3 Å². The van der Waals surface area contributed by atoms with Gasteiger partial charge in [0.2, 0.25) is 29.3 Å². The summed E-state index contributed by atoms with van der Waals surface area (Å²) in [5.41, 5.74) is 10.2. The summed E-state index contributed by atoms with van der Waals surface area (Å²) in [6, 6.07) is 51.8. The van der Waals surface area contributed by atoms with Crippen LogP contribution in [0.15, 0.2) is 164 Å². The molecule has 0 spiro atoms. The van der Waals surface area contributed by atoms with Crippen molar-refractivity contribution in [1.82, 2.24) is 29.9 Å². The van der Waals surface area contributed by atoms with E-state index in [1.165, 1.54) is 0 Å². The molecule has 522 valence electrons. The van der Waals surface area contributed by atoms with Crippen LogP contribution >= 0.6 is 0 Å². The van der Waals surface area contributed by atoms with E-state index in [2.05, 4.69) is 239 Å². The lowest BCUT2D eigenvalue weighted by Gasteiger charge is -2.26. The first kappa shape index (κ1) is 73.1. The molecule has 7 aromatic carbocycles. The highest BCUT2D eigenvalue weighted by molar-refractivity contribution is 5.62. The van der Waals surface area contributed by atoms with Crippen LogP contribution in [0.2, 0.25) is 0 Å². The molecule has 0 atom stereocenters. The normalized spacial score (nSPS) is 12.7. The lowest BCUT2D eigenvalue weighted by Crippen LogP contribution is -2.16. The summed E-state index contributed by atoms with van der Waals surface area (Å²) < 4.78 is 46.0. The van der Waals surface area contributed by atoms with E-state index in [1.54, 1.807) is 25.4 Å². The summed E-state index contributed by atoms with van der Waals surface area (Å²) in [5, 5.41) is 0. The predicted molar refractivity (Wildman–Crippen MR) is 405 cm³/mol. The van der Waals surface area contributed by atoms with Gasteiger partial charge in [-0.3, -0.25) is 0 Å². The Bertz CT molecular complexity index is 4260. The maximum Gasteiger partial charge on any atom is 0.266 e. The quantitative estimate of drug-likeness (QED) is 0.0907. The van der Waals surface area contributed by atoms with Gasteiger partial charge in [-0.1, -0.05) is 190 Å². The van der Waals surface area contributed by atoms with Gasteiger partial charge in [0.1, 0.15) is 40.2 Å². The van der Waals surface area contributed by atoms with Gasteiger partial charge in [0, 0.05) is 16.7 Å². The molecule has 10 aromatic rings. The van der Waals surface area contributed by atoms with Crippen LogP contribution in [0.1, 0.15) is 211 Å². The number of hydrogen-bond donors (Lipinski definition) is 0. The number of nitrogens with zero attached hydrogens (tertiary/aromatic N) is 6. The Balaban J connectivity index is 1.00. The van der Waals surface area contributed by atoms with E-state index in [0.29, 0.717) is 92.4 Å². The van der Waals surface area contributed by atoms with Gasteiger partial charge in [0.15, 0.2) is 17.5 Å². The SMILES string of the molecule is COc1ccc(-c2ncc(Oc3ccc(-c4nc(Oc5cc(C(C)(C)C)cc(C(C)(C)C)c5)cc(Oc5cc(C(C)(C)C)cc(C(C)(C)C)c5)n4)cc3)c(Oc3ccc(-c4nc(Oc5cc(C(C)(C)C)cc(C(C)(C)C)c5)cc(Oc5cc(C(C)(C)C)cc(C(C)(C)C)c5)n4)cc3)n2)cc1. The Morgan fingerprint density at radius 1 is 0.230 bits per heavy atom. The molecule has 3 aromatic heterocycles. The molecule has 0 aliphatic heterocycles. The smallest absolute Gasteiger partial charge is 0.266 e. The second-order valence-electron chi connectivity index (χ2n) is 34.5. The zero-order valence-corrected chi connectivity index (χ0v) is 63.6. The Morgan fingerprint density at radius 3 is 0.720 bits per heavy atom. The largest absolute Gasteiger partial charge is 0.497 e. The minimum absolute atomic E-state index is 0.140. The van der Waals surface area contributed by atoms with Gasteiger partial charge in [-0.2, -0.15) is 24.9 Å². The molecule has 100 heavy (non-hydrogen) atoms. The van der Waals surface area contributed by atoms with Gasteiger partial charge in [-0.05, 0) is 209 Å². The summed E-state index contributed by atoms with van der Waals surface area (Å²) in [4.78, 5) is 30.0. The highest BCUT2D eigenvalue weighted by Crippen LogP contribution is 2.43. The molecule has 13 nitrogen and oxygen atoms in total. The minimum atomic E-state index is -0.141. The Hall–Kier alpha value is -9.62. The van der Waals surface area contributed by atoms with E-state index in [1.807, 2.05) is 72.8 Å². The molecule has 0 radical (unpaired) electrons. The van der Waals surface area contributed by atoms with Crippen molar-refractivity contribution in [2.45, 2.75) is 209 Å². The fourth-order valence-corrected chi connectivity index (χ4v) is 10.8. The van der Waals surface area contributed by atoms with Crippen molar-refractivity contribution < 1.29 is 33.2 Å². The molecular weight excluding hydrogens is 1240 g/mol. The highest BCUT2D eigenvalue weighted by Gasteiger charge is 2.28. The van der Waals surface area contributed by atoms with Crippen molar-refractivity contribution in [2.75, 3.05) is 7.11 Å². The summed E-state index contributed by atoms with van der Waals surface area (Å²) in [6.07, 6.45) is 1.61. The van der Waals surface area contributed by atoms with Crippen molar-refractivity contribution in [3.05, 3.63) is 208 Å².